The smallest absolute Gasteiger partial charge is 0.333 e. The van der Waals surface area contributed by atoms with E-state index in [-0.39, 0.29) is 0 Å². The van der Waals surface area contributed by atoms with Gasteiger partial charge in [-0.1, -0.05) is 6.92 Å². The number of aliphatic carboxylic acids is 1. The molecular formula is C7H14O4. The molecule has 0 spiro atoms. The average molecular weight is 162 g/mol. The summed E-state index contributed by atoms with van der Waals surface area (Å²) in [7, 11) is 0. The van der Waals surface area contributed by atoms with Gasteiger partial charge in [0.15, 0.2) is 6.61 Å². The van der Waals surface area contributed by atoms with Crippen LogP contribution in [0, 0.1) is 0 Å². The Bertz CT molecular complexity index is 130. The molecule has 0 bridgehead atoms. The van der Waals surface area contributed by atoms with Crippen molar-refractivity contribution in [3.63, 3.8) is 0 Å². The number of carbonyl (C=O) groups is 1. The van der Waals surface area contributed by atoms with Crippen LogP contribution in [-0.4, -0.2) is 23.3 Å². The molecule has 0 aliphatic carbocycles. The largest absolute Gasteiger partial charge is 0.479 e. The number of rotatable bonds is 5. The van der Waals surface area contributed by atoms with Gasteiger partial charge in [-0.05, 0) is 20.3 Å². The molecule has 4 heteroatoms. The minimum atomic E-state index is -1.03. The summed E-state index contributed by atoms with van der Waals surface area (Å²) in [4.78, 5) is 19.2. The van der Waals surface area contributed by atoms with Crippen LogP contribution in [0.4, 0.5) is 0 Å². The van der Waals surface area contributed by atoms with Gasteiger partial charge < -0.3 is 5.11 Å². The predicted molar refractivity (Wildman–Crippen MR) is 39.0 cm³/mol. The third kappa shape index (κ3) is 5.82. The Balaban J connectivity index is 3.45. The first kappa shape index (κ1) is 10.4. The Kier molecular flexibility index (Phi) is 4.07. The van der Waals surface area contributed by atoms with Gasteiger partial charge >= 0.3 is 5.97 Å². The maximum Gasteiger partial charge on any atom is 0.333 e. The molecule has 0 aromatic carbocycles. The van der Waals surface area contributed by atoms with Crippen LogP contribution in [0.2, 0.25) is 0 Å². The first-order valence-corrected chi connectivity index (χ1v) is 3.50. The summed E-state index contributed by atoms with van der Waals surface area (Å²) in [5, 5.41) is 8.18. The van der Waals surface area contributed by atoms with Gasteiger partial charge in [0, 0.05) is 0 Å². The van der Waals surface area contributed by atoms with Crippen molar-refractivity contribution in [2.45, 2.75) is 32.8 Å². The van der Waals surface area contributed by atoms with Crippen molar-refractivity contribution in [1.82, 2.24) is 0 Å². The third-order valence-electron chi connectivity index (χ3n) is 1.32. The zero-order valence-corrected chi connectivity index (χ0v) is 7.09. The van der Waals surface area contributed by atoms with E-state index >= 15 is 0 Å². The maximum absolute atomic E-state index is 9.97. The molecule has 0 unspecified atom stereocenters. The van der Waals surface area contributed by atoms with Crippen LogP contribution in [0.1, 0.15) is 27.2 Å². The lowest BCUT2D eigenvalue weighted by Gasteiger charge is -2.20. The Hall–Kier alpha value is -0.610. The number of carboxylic acid groups (broad SMARTS) is 1. The van der Waals surface area contributed by atoms with Crippen molar-refractivity contribution in [2.24, 2.45) is 0 Å². The van der Waals surface area contributed by atoms with Crippen LogP contribution in [0.5, 0.6) is 0 Å². The van der Waals surface area contributed by atoms with Gasteiger partial charge in [0.2, 0.25) is 0 Å². The number of hydrogen-bond donors (Lipinski definition) is 1. The standard InChI is InChI=1S/C7H14O4/c1-4-7(2,3)11-10-5-6(8)9/h4-5H2,1-3H3,(H,8,9). The molecule has 0 saturated carbocycles. The highest BCUT2D eigenvalue weighted by molar-refractivity contribution is 5.67. The van der Waals surface area contributed by atoms with E-state index < -0.39 is 18.2 Å². The topological polar surface area (TPSA) is 55.8 Å². The van der Waals surface area contributed by atoms with Crippen molar-refractivity contribution in [1.29, 1.82) is 0 Å². The van der Waals surface area contributed by atoms with Crippen LogP contribution in [0.3, 0.4) is 0 Å². The van der Waals surface area contributed by atoms with Crippen LogP contribution in [-0.2, 0) is 14.6 Å². The Labute approximate surface area is 66.0 Å². The monoisotopic (exact) mass is 162 g/mol. The highest BCUT2D eigenvalue weighted by Crippen LogP contribution is 2.13. The second kappa shape index (κ2) is 4.31. The SMILES string of the molecule is CCC(C)(C)OOCC(=O)O. The first-order chi connectivity index (χ1) is 4.98. The molecular weight excluding hydrogens is 148 g/mol. The van der Waals surface area contributed by atoms with Crippen molar-refractivity contribution < 1.29 is 19.7 Å². The van der Waals surface area contributed by atoms with Crippen molar-refractivity contribution in [2.75, 3.05) is 6.61 Å². The number of carboxylic acids is 1. The van der Waals surface area contributed by atoms with Gasteiger partial charge in [0.05, 0.1) is 5.60 Å². The van der Waals surface area contributed by atoms with E-state index in [4.69, 9.17) is 9.99 Å². The van der Waals surface area contributed by atoms with Crippen LogP contribution < -0.4 is 0 Å². The second-order valence-electron chi connectivity index (χ2n) is 2.85. The van der Waals surface area contributed by atoms with E-state index in [0.717, 1.165) is 6.42 Å². The molecule has 0 heterocycles. The van der Waals surface area contributed by atoms with E-state index in [2.05, 4.69) is 4.89 Å². The molecule has 0 aliphatic rings. The molecule has 0 saturated heterocycles. The summed E-state index contributed by atoms with van der Waals surface area (Å²) in [5.41, 5.74) is -0.407. The molecule has 0 aromatic heterocycles. The highest BCUT2D eigenvalue weighted by atomic mass is 17.2. The van der Waals surface area contributed by atoms with E-state index in [1.165, 1.54) is 0 Å². The summed E-state index contributed by atoms with van der Waals surface area (Å²) in [6.45, 7) is 5.18. The fourth-order valence-corrected chi connectivity index (χ4v) is 0.298. The maximum atomic E-state index is 9.97. The van der Waals surface area contributed by atoms with E-state index in [9.17, 15) is 4.79 Å². The normalized spacial score (nSPS) is 11.5. The zero-order valence-electron chi connectivity index (χ0n) is 7.09. The molecule has 11 heavy (non-hydrogen) atoms. The summed E-state index contributed by atoms with van der Waals surface area (Å²) in [5.74, 6) is -1.03. The molecule has 1 N–H and O–H groups in total. The van der Waals surface area contributed by atoms with Gasteiger partial charge in [0.25, 0.3) is 0 Å². The Morgan fingerprint density at radius 3 is 2.45 bits per heavy atom. The molecule has 0 aromatic rings. The van der Waals surface area contributed by atoms with E-state index in [1.807, 2.05) is 20.8 Å². The second-order valence-corrected chi connectivity index (χ2v) is 2.85. The van der Waals surface area contributed by atoms with Gasteiger partial charge in [0.1, 0.15) is 0 Å². The molecule has 0 aliphatic heterocycles. The minimum absolute atomic E-state index is 0.407. The summed E-state index contributed by atoms with van der Waals surface area (Å²) >= 11 is 0. The van der Waals surface area contributed by atoms with Crippen LogP contribution in [0.15, 0.2) is 0 Å². The van der Waals surface area contributed by atoms with Crippen LogP contribution >= 0.6 is 0 Å². The molecule has 0 atom stereocenters. The van der Waals surface area contributed by atoms with Gasteiger partial charge in [-0.15, -0.1) is 0 Å². The highest BCUT2D eigenvalue weighted by Gasteiger charge is 2.17. The van der Waals surface area contributed by atoms with E-state index in [1.54, 1.807) is 0 Å². The summed E-state index contributed by atoms with van der Waals surface area (Å²) < 4.78 is 0. The quantitative estimate of drug-likeness (QED) is 0.487. The van der Waals surface area contributed by atoms with Crippen LogP contribution in [0.25, 0.3) is 0 Å². The first-order valence-electron chi connectivity index (χ1n) is 3.50. The average Bonchev–Trinajstić information content (AvgIpc) is 1.87. The Morgan fingerprint density at radius 2 is 2.09 bits per heavy atom. The van der Waals surface area contributed by atoms with Gasteiger partial charge in [-0.25, -0.2) is 14.6 Å². The number of hydrogen-bond acceptors (Lipinski definition) is 3. The summed E-state index contributed by atoms with van der Waals surface area (Å²) in [6, 6.07) is 0. The predicted octanol–water partition coefficient (Wildman–Crippen LogP) is 1.21. The molecule has 0 fully saturated rings. The lowest BCUT2D eigenvalue weighted by molar-refractivity contribution is -0.349. The molecule has 66 valence electrons. The third-order valence-corrected chi connectivity index (χ3v) is 1.32. The minimum Gasteiger partial charge on any atom is -0.479 e. The fourth-order valence-electron chi connectivity index (χ4n) is 0.298. The zero-order chi connectivity index (χ0) is 8.91. The van der Waals surface area contributed by atoms with Crippen molar-refractivity contribution >= 4 is 5.97 Å². The molecule has 4 nitrogen and oxygen atoms in total. The lowest BCUT2D eigenvalue weighted by atomic mass is 10.1. The fraction of sp³-hybridized carbons (Fsp3) is 0.857. The molecule has 0 amide bonds. The van der Waals surface area contributed by atoms with Crippen molar-refractivity contribution in [3.05, 3.63) is 0 Å². The van der Waals surface area contributed by atoms with Crippen molar-refractivity contribution in [3.8, 4) is 0 Å². The molecule has 0 radical (unpaired) electrons. The van der Waals surface area contributed by atoms with E-state index in [0.29, 0.717) is 0 Å². The Morgan fingerprint density at radius 1 is 1.55 bits per heavy atom. The van der Waals surface area contributed by atoms with Gasteiger partial charge in [-0.2, -0.15) is 0 Å². The molecule has 0 rings (SSSR count). The van der Waals surface area contributed by atoms with Gasteiger partial charge in [-0.3, -0.25) is 0 Å². The lowest BCUT2D eigenvalue weighted by Crippen LogP contribution is -2.24. The summed E-state index contributed by atoms with van der Waals surface area (Å²) in [6.07, 6.45) is 0.770.